The second-order valence-electron chi connectivity index (χ2n) is 3.89. The van der Waals surface area contributed by atoms with E-state index in [1.807, 2.05) is 0 Å². The van der Waals surface area contributed by atoms with E-state index in [9.17, 15) is 9.18 Å². The molecule has 0 amide bonds. The van der Waals surface area contributed by atoms with E-state index in [-0.39, 0.29) is 28.8 Å². The van der Waals surface area contributed by atoms with Gasteiger partial charge >= 0.3 is 0 Å². The van der Waals surface area contributed by atoms with Gasteiger partial charge in [0.1, 0.15) is 0 Å². The molecule has 6 heteroatoms. The lowest BCUT2D eigenvalue weighted by Crippen LogP contribution is -2.11. The summed E-state index contributed by atoms with van der Waals surface area (Å²) >= 11 is 3.11. The first-order valence-corrected chi connectivity index (χ1v) is 6.45. The summed E-state index contributed by atoms with van der Waals surface area (Å²) in [6.07, 6.45) is 0.817. The third kappa shape index (κ3) is 2.49. The van der Waals surface area contributed by atoms with Gasteiger partial charge in [-0.1, -0.05) is 0 Å². The highest BCUT2D eigenvalue weighted by Crippen LogP contribution is 2.40. The normalized spacial score (nSPS) is 14.2. The summed E-state index contributed by atoms with van der Waals surface area (Å²) in [6, 6.07) is 1.39. The molecule has 1 aliphatic rings. The van der Waals surface area contributed by atoms with Crippen molar-refractivity contribution in [2.24, 2.45) is 5.73 Å². The summed E-state index contributed by atoms with van der Waals surface area (Å²) < 4.78 is 25.0. The minimum atomic E-state index is -0.627. The highest BCUT2D eigenvalue weighted by Gasteiger charge is 2.23. The van der Waals surface area contributed by atoms with Crippen LogP contribution in [0.5, 0.6) is 11.5 Å². The van der Waals surface area contributed by atoms with Crippen molar-refractivity contribution in [2.75, 3.05) is 19.8 Å². The van der Waals surface area contributed by atoms with Gasteiger partial charge in [0, 0.05) is 12.8 Å². The minimum absolute atomic E-state index is 0.0171. The predicted octanol–water partition coefficient (Wildman–Crippen LogP) is 2.28. The number of hydrogen-bond donors (Lipinski definition) is 1. The molecule has 0 aliphatic carbocycles. The fourth-order valence-electron chi connectivity index (χ4n) is 1.71. The van der Waals surface area contributed by atoms with E-state index in [1.165, 1.54) is 6.07 Å². The number of Topliss-reactive ketones (excluding diaryl/α,β-unsaturated/α-hetero) is 1. The Hall–Kier alpha value is -1.14. The van der Waals surface area contributed by atoms with Crippen molar-refractivity contribution < 1.29 is 18.7 Å². The molecule has 0 bridgehead atoms. The first-order chi connectivity index (χ1) is 8.65. The number of fused-ring (bicyclic) bond motifs is 1. The van der Waals surface area contributed by atoms with Crippen molar-refractivity contribution >= 4 is 21.7 Å². The molecule has 1 aromatic carbocycles. The predicted molar refractivity (Wildman–Crippen MR) is 67.7 cm³/mol. The molecule has 0 spiro atoms. The molecule has 4 nitrogen and oxygen atoms in total. The van der Waals surface area contributed by atoms with Gasteiger partial charge in [0.05, 0.1) is 23.2 Å². The van der Waals surface area contributed by atoms with Crippen LogP contribution in [-0.4, -0.2) is 25.5 Å². The molecule has 0 unspecified atom stereocenters. The van der Waals surface area contributed by atoms with E-state index < -0.39 is 5.82 Å². The topological polar surface area (TPSA) is 61.6 Å². The molecule has 1 aromatic rings. The Morgan fingerprint density at radius 2 is 2.17 bits per heavy atom. The lowest BCUT2D eigenvalue weighted by atomic mass is 10.1. The molecule has 98 valence electrons. The number of hydrogen-bond acceptors (Lipinski definition) is 4. The maximum absolute atomic E-state index is 14.1. The molecule has 0 aromatic heterocycles. The summed E-state index contributed by atoms with van der Waals surface area (Å²) in [5, 5.41) is 0. The average molecular weight is 318 g/mol. The third-order valence-electron chi connectivity index (χ3n) is 2.59. The van der Waals surface area contributed by atoms with Crippen LogP contribution in [0.1, 0.15) is 23.2 Å². The van der Waals surface area contributed by atoms with Crippen LogP contribution in [0.15, 0.2) is 10.5 Å². The zero-order valence-electron chi connectivity index (χ0n) is 9.67. The quantitative estimate of drug-likeness (QED) is 0.869. The molecule has 18 heavy (non-hydrogen) atoms. The van der Waals surface area contributed by atoms with Crippen molar-refractivity contribution in [1.29, 1.82) is 0 Å². The number of benzene rings is 1. The van der Waals surface area contributed by atoms with Crippen LogP contribution in [0.4, 0.5) is 4.39 Å². The van der Waals surface area contributed by atoms with Crippen LogP contribution >= 0.6 is 15.9 Å². The van der Waals surface area contributed by atoms with Crippen LogP contribution in [-0.2, 0) is 0 Å². The number of ether oxygens (including phenoxy) is 2. The molecule has 0 fully saturated rings. The Labute approximate surface area is 112 Å². The Morgan fingerprint density at radius 3 is 2.89 bits per heavy atom. The fraction of sp³-hybridized carbons (Fsp3) is 0.417. The maximum atomic E-state index is 14.1. The van der Waals surface area contributed by atoms with E-state index in [4.69, 9.17) is 15.2 Å². The summed E-state index contributed by atoms with van der Waals surface area (Å²) in [4.78, 5) is 11.8. The van der Waals surface area contributed by atoms with Gasteiger partial charge in [-0.3, -0.25) is 4.79 Å². The van der Waals surface area contributed by atoms with Gasteiger partial charge in [-0.05, 0) is 28.5 Å². The van der Waals surface area contributed by atoms with Crippen molar-refractivity contribution in [1.82, 2.24) is 0 Å². The number of nitrogens with two attached hydrogens (primary N) is 1. The van der Waals surface area contributed by atoms with Crippen molar-refractivity contribution in [2.45, 2.75) is 12.8 Å². The van der Waals surface area contributed by atoms with Crippen LogP contribution in [0.3, 0.4) is 0 Å². The third-order valence-corrected chi connectivity index (χ3v) is 3.30. The largest absolute Gasteiger partial charge is 0.489 e. The van der Waals surface area contributed by atoms with E-state index in [0.29, 0.717) is 24.7 Å². The molecule has 0 atom stereocenters. The molecular weight excluding hydrogens is 305 g/mol. The molecule has 0 radical (unpaired) electrons. The monoisotopic (exact) mass is 317 g/mol. The van der Waals surface area contributed by atoms with Crippen molar-refractivity contribution in [3.63, 3.8) is 0 Å². The highest BCUT2D eigenvalue weighted by molar-refractivity contribution is 9.10. The van der Waals surface area contributed by atoms with Gasteiger partial charge < -0.3 is 15.2 Å². The summed E-state index contributed by atoms with van der Waals surface area (Å²) in [6.45, 7) is 1.13. The Morgan fingerprint density at radius 1 is 1.44 bits per heavy atom. The smallest absolute Gasteiger partial charge is 0.178 e. The van der Waals surface area contributed by atoms with Gasteiger partial charge in [-0.15, -0.1) is 0 Å². The van der Waals surface area contributed by atoms with Crippen molar-refractivity contribution in [3.05, 3.63) is 21.9 Å². The second-order valence-corrected chi connectivity index (χ2v) is 4.68. The van der Waals surface area contributed by atoms with E-state index in [0.717, 1.165) is 6.42 Å². The molecule has 1 heterocycles. The average Bonchev–Trinajstić information content (AvgIpc) is 2.59. The number of carbonyl (C=O) groups is 1. The Balaban J connectivity index is 2.47. The number of carbonyl (C=O) groups excluding carboxylic acids is 1. The van der Waals surface area contributed by atoms with Crippen LogP contribution < -0.4 is 15.2 Å². The van der Waals surface area contributed by atoms with E-state index in [2.05, 4.69) is 15.9 Å². The van der Waals surface area contributed by atoms with E-state index in [1.54, 1.807) is 0 Å². The SMILES string of the molecule is NCCC(=O)c1cc2c(c(Br)c1F)OCCCO2. The lowest BCUT2D eigenvalue weighted by molar-refractivity contribution is 0.0981. The first kappa shape index (κ1) is 13.3. The Kier molecular flexibility index (Phi) is 4.19. The fourth-order valence-corrected chi connectivity index (χ4v) is 2.24. The van der Waals surface area contributed by atoms with Crippen LogP contribution in [0, 0.1) is 5.82 Å². The first-order valence-electron chi connectivity index (χ1n) is 5.66. The van der Waals surface area contributed by atoms with Crippen LogP contribution in [0.2, 0.25) is 0 Å². The van der Waals surface area contributed by atoms with E-state index >= 15 is 0 Å². The highest BCUT2D eigenvalue weighted by atomic mass is 79.9. The summed E-state index contributed by atoms with van der Waals surface area (Å²) in [7, 11) is 0. The molecule has 1 aliphatic heterocycles. The van der Waals surface area contributed by atoms with Gasteiger partial charge in [0.25, 0.3) is 0 Å². The van der Waals surface area contributed by atoms with Crippen LogP contribution in [0.25, 0.3) is 0 Å². The summed E-state index contributed by atoms with van der Waals surface area (Å²) in [5.74, 6) is -0.264. The standard InChI is InChI=1S/C12H13BrFNO3/c13-10-11(14)7(8(16)2-3-15)6-9-12(10)18-5-1-4-17-9/h6H,1-5,15H2. The molecular formula is C12H13BrFNO3. The lowest BCUT2D eigenvalue weighted by Gasteiger charge is -2.12. The molecule has 2 rings (SSSR count). The zero-order valence-corrected chi connectivity index (χ0v) is 11.3. The second kappa shape index (κ2) is 5.67. The molecule has 0 saturated carbocycles. The maximum Gasteiger partial charge on any atom is 0.178 e. The number of halogens is 2. The number of ketones is 1. The number of rotatable bonds is 3. The van der Waals surface area contributed by atoms with Gasteiger partial charge in [0.2, 0.25) is 0 Å². The van der Waals surface area contributed by atoms with Gasteiger partial charge in [-0.2, -0.15) is 0 Å². The van der Waals surface area contributed by atoms with Gasteiger partial charge in [-0.25, -0.2) is 4.39 Å². The minimum Gasteiger partial charge on any atom is -0.489 e. The molecule has 2 N–H and O–H groups in total. The van der Waals surface area contributed by atoms with Gasteiger partial charge in [0.15, 0.2) is 23.1 Å². The molecule has 0 saturated heterocycles. The van der Waals surface area contributed by atoms with Crippen molar-refractivity contribution in [3.8, 4) is 11.5 Å². The Bertz CT molecular complexity index is 479. The summed E-state index contributed by atoms with van der Waals surface area (Å²) in [5.41, 5.74) is 5.29. The zero-order chi connectivity index (χ0) is 13.1.